The van der Waals surface area contributed by atoms with E-state index in [0.717, 1.165) is 23.1 Å². The third-order valence-corrected chi connectivity index (χ3v) is 2.98. The summed E-state index contributed by atoms with van der Waals surface area (Å²) in [7, 11) is -3.17. The summed E-state index contributed by atoms with van der Waals surface area (Å²) in [6.45, 7) is 4.52. The molecule has 0 saturated carbocycles. The molecular weight excluding hydrogens is 391 g/mol. The van der Waals surface area contributed by atoms with E-state index in [9.17, 15) is 8.42 Å². The first-order valence-corrected chi connectivity index (χ1v) is 7.75. The monoisotopic (exact) mass is 412 g/mol. The lowest BCUT2D eigenvalue weighted by molar-refractivity contribution is 0.588. The highest BCUT2D eigenvalue weighted by Gasteiger charge is 1.99. The number of nitrogens with one attached hydrogen (secondary N) is 2. The van der Waals surface area contributed by atoms with Crippen LogP contribution in [0.3, 0.4) is 0 Å². The van der Waals surface area contributed by atoms with Crippen molar-refractivity contribution >= 4 is 45.6 Å². The standard InChI is InChI=1S/C12H20N4O2S.HI/c1-9-6-10(2)8-11(7-9)16-12(13)14-4-5-15-19(3,17)18;/h6-8,15H,4-5H2,1-3H3,(H3,13,14,16);1H. The number of rotatable bonds is 5. The summed E-state index contributed by atoms with van der Waals surface area (Å²) < 4.78 is 24.0. The Labute approximate surface area is 137 Å². The van der Waals surface area contributed by atoms with Crippen molar-refractivity contribution in [1.82, 2.24) is 4.72 Å². The van der Waals surface area contributed by atoms with Crippen LogP contribution in [0.1, 0.15) is 11.1 Å². The Morgan fingerprint density at radius 1 is 1.25 bits per heavy atom. The summed E-state index contributed by atoms with van der Waals surface area (Å²) in [6.07, 6.45) is 1.11. The number of sulfonamides is 1. The van der Waals surface area contributed by atoms with E-state index in [-0.39, 0.29) is 43.0 Å². The summed E-state index contributed by atoms with van der Waals surface area (Å²) in [4.78, 5) is 4.04. The predicted octanol–water partition coefficient (Wildman–Crippen LogP) is 1.20. The Bertz CT molecular complexity index is 553. The summed E-state index contributed by atoms with van der Waals surface area (Å²) >= 11 is 0. The highest BCUT2D eigenvalue weighted by molar-refractivity contribution is 14.0. The molecule has 0 bridgehead atoms. The van der Waals surface area contributed by atoms with Crippen molar-refractivity contribution in [2.75, 3.05) is 24.7 Å². The number of hydrogen-bond donors (Lipinski definition) is 3. The second-order valence-electron chi connectivity index (χ2n) is 4.43. The first kappa shape index (κ1) is 19.1. The quantitative estimate of drug-likeness (QED) is 0.293. The average molecular weight is 412 g/mol. The minimum absolute atomic E-state index is 0. The largest absolute Gasteiger partial charge is 0.370 e. The first-order valence-electron chi connectivity index (χ1n) is 5.86. The highest BCUT2D eigenvalue weighted by atomic mass is 127. The molecule has 0 aromatic heterocycles. The minimum Gasteiger partial charge on any atom is -0.370 e. The fraction of sp³-hybridized carbons (Fsp3) is 0.417. The van der Waals surface area contributed by atoms with Gasteiger partial charge in [-0.25, -0.2) is 13.1 Å². The number of anilines is 1. The second kappa shape index (κ2) is 8.42. The Hall–Kier alpha value is -0.870. The zero-order valence-corrected chi connectivity index (χ0v) is 15.0. The molecule has 0 radical (unpaired) electrons. The molecule has 1 rings (SSSR count). The van der Waals surface area contributed by atoms with Crippen molar-refractivity contribution < 1.29 is 8.42 Å². The molecule has 0 aliphatic rings. The molecule has 0 heterocycles. The van der Waals surface area contributed by atoms with Crippen molar-refractivity contribution in [3.8, 4) is 0 Å². The highest BCUT2D eigenvalue weighted by Crippen LogP contribution is 2.13. The van der Waals surface area contributed by atoms with E-state index < -0.39 is 10.0 Å². The molecule has 0 aliphatic heterocycles. The van der Waals surface area contributed by atoms with Crippen LogP contribution in [0.4, 0.5) is 5.69 Å². The lowest BCUT2D eigenvalue weighted by atomic mass is 10.1. The number of hydrogen-bond acceptors (Lipinski definition) is 3. The maximum atomic E-state index is 10.8. The van der Waals surface area contributed by atoms with Gasteiger partial charge in [-0.2, -0.15) is 0 Å². The van der Waals surface area contributed by atoms with Gasteiger partial charge >= 0.3 is 0 Å². The van der Waals surface area contributed by atoms with E-state index in [4.69, 9.17) is 5.73 Å². The molecule has 0 fully saturated rings. The summed E-state index contributed by atoms with van der Waals surface area (Å²) in [5, 5.41) is 2.97. The van der Waals surface area contributed by atoms with Gasteiger partial charge in [-0.15, -0.1) is 24.0 Å². The zero-order valence-electron chi connectivity index (χ0n) is 11.8. The van der Waals surface area contributed by atoms with Crippen molar-refractivity contribution in [3.63, 3.8) is 0 Å². The molecule has 0 atom stereocenters. The Balaban J connectivity index is 0.00000361. The number of aryl methyl sites for hydroxylation is 2. The van der Waals surface area contributed by atoms with Gasteiger partial charge in [-0.3, -0.25) is 4.99 Å². The van der Waals surface area contributed by atoms with Gasteiger partial charge in [0.2, 0.25) is 10.0 Å². The Morgan fingerprint density at radius 2 is 1.80 bits per heavy atom. The molecule has 0 unspecified atom stereocenters. The maximum absolute atomic E-state index is 10.8. The van der Waals surface area contributed by atoms with Crippen LogP contribution in [-0.2, 0) is 10.0 Å². The van der Waals surface area contributed by atoms with Crippen LogP contribution in [0.15, 0.2) is 23.2 Å². The van der Waals surface area contributed by atoms with E-state index in [1.165, 1.54) is 0 Å². The molecule has 114 valence electrons. The number of guanidine groups is 1. The van der Waals surface area contributed by atoms with Crippen molar-refractivity contribution in [2.45, 2.75) is 13.8 Å². The van der Waals surface area contributed by atoms with Crippen LogP contribution in [0.25, 0.3) is 0 Å². The zero-order chi connectivity index (χ0) is 14.5. The molecule has 1 aromatic rings. The van der Waals surface area contributed by atoms with Gasteiger partial charge in [-0.1, -0.05) is 6.07 Å². The third-order valence-electron chi connectivity index (χ3n) is 2.25. The number of halogens is 1. The molecule has 20 heavy (non-hydrogen) atoms. The van der Waals surface area contributed by atoms with Crippen LogP contribution < -0.4 is 15.8 Å². The molecule has 6 nitrogen and oxygen atoms in total. The minimum atomic E-state index is -3.17. The van der Waals surface area contributed by atoms with Gasteiger partial charge < -0.3 is 11.1 Å². The molecule has 8 heteroatoms. The topological polar surface area (TPSA) is 96.6 Å². The fourth-order valence-electron chi connectivity index (χ4n) is 1.64. The molecule has 0 aliphatic carbocycles. The van der Waals surface area contributed by atoms with Crippen LogP contribution >= 0.6 is 24.0 Å². The molecule has 1 aromatic carbocycles. The first-order chi connectivity index (χ1) is 8.76. The van der Waals surface area contributed by atoms with Gasteiger partial charge in [0.05, 0.1) is 12.8 Å². The maximum Gasteiger partial charge on any atom is 0.208 e. The Kier molecular flexibility index (Phi) is 8.06. The van der Waals surface area contributed by atoms with Crippen molar-refractivity contribution in [1.29, 1.82) is 0 Å². The van der Waals surface area contributed by atoms with Crippen LogP contribution in [0.2, 0.25) is 0 Å². The Morgan fingerprint density at radius 3 is 2.30 bits per heavy atom. The van der Waals surface area contributed by atoms with Crippen LogP contribution in [0.5, 0.6) is 0 Å². The average Bonchev–Trinajstić information content (AvgIpc) is 2.21. The van der Waals surface area contributed by atoms with Crippen molar-refractivity contribution in [3.05, 3.63) is 29.3 Å². The number of aliphatic imine (C=N–C) groups is 1. The summed E-state index contributed by atoms with van der Waals surface area (Å²) in [5.74, 6) is 0.264. The summed E-state index contributed by atoms with van der Waals surface area (Å²) in [5.41, 5.74) is 8.85. The number of nitrogens with two attached hydrogens (primary N) is 1. The van der Waals surface area contributed by atoms with Gasteiger partial charge in [0.15, 0.2) is 5.96 Å². The third kappa shape index (κ3) is 8.33. The van der Waals surface area contributed by atoms with Gasteiger partial charge in [0.25, 0.3) is 0 Å². The number of benzene rings is 1. The second-order valence-corrected chi connectivity index (χ2v) is 6.27. The van der Waals surface area contributed by atoms with Crippen LogP contribution in [0, 0.1) is 13.8 Å². The number of nitrogens with zero attached hydrogens (tertiary/aromatic N) is 1. The van der Waals surface area contributed by atoms with Gasteiger partial charge in [-0.05, 0) is 37.1 Å². The van der Waals surface area contributed by atoms with Crippen LogP contribution in [-0.4, -0.2) is 33.7 Å². The normalized spacial score (nSPS) is 11.8. The van der Waals surface area contributed by atoms with Crippen molar-refractivity contribution in [2.24, 2.45) is 10.7 Å². The van der Waals surface area contributed by atoms with Gasteiger partial charge in [0, 0.05) is 12.2 Å². The molecule has 0 spiro atoms. The lowest BCUT2D eigenvalue weighted by Gasteiger charge is -2.08. The molecular formula is C12H21IN4O2S. The van der Waals surface area contributed by atoms with E-state index in [0.29, 0.717) is 0 Å². The molecule has 0 amide bonds. The summed E-state index contributed by atoms with van der Waals surface area (Å²) in [6, 6.07) is 5.99. The fourth-order valence-corrected chi connectivity index (χ4v) is 2.10. The van der Waals surface area contributed by atoms with E-state index in [1.54, 1.807) is 0 Å². The lowest BCUT2D eigenvalue weighted by Crippen LogP contribution is -2.27. The molecule has 0 saturated heterocycles. The van der Waals surface area contributed by atoms with Gasteiger partial charge in [0.1, 0.15) is 0 Å². The SMILES string of the molecule is Cc1cc(C)cc(NC(N)=NCCNS(C)(=O)=O)c1.I. The van der Waals surface area contributed by atoms with E-state index in [2.05, 4.69) is 21.1 Å². The van der Waals surface area contributed by atoms with E-state index >= 15 is 0 Å². The smallest absolute Gasteiger partial charge is 0.208 e. The molecule has 4 N–H and O–H groups in total. The van der Waals surface area contributed by atoms with E-state index in [1.807, 2.05) is 26.0 Å². The predicted molar refractivity (Wildman–Crippen MR) is 94.3 cm³/mol.